The summed E-state index contributed by atoms with van der Waals surface area (Å²) < 4.78 is 9.95. The highest BCUT2D eigenvalue weighted by molar-refractivity contribution is 5.95. The van der Waals surface area contributed by atoms with E-state index in [1.807, 2.05) is 6.07 Å². The van der Waals surface area contributed by atoms with Crippen LogP contribution in [0.4, 0.5) is 4.79 Å². The van der Waals surface area contributed by atoms with Crippen LogP contribution in [-0.2, 0) is 19.1 Å². The predicted molar refractivity (Wildman–Crippen MR) is 99.5 cm³/mol. The molecule has 0 bridgehead atoms. The Morgan fingerprint density at radius 2 is 1.64 bits per heavy atom. The van der Waals surface area contributed by atoms with Gasteiger partial charge in [-0.15, -0.1) is 0 Å². The maximum atomic E-state index is 11.7. The molecule has 0 unspecified atom stereocenters. The lowest BCUT2D eigenvalue weighted by Crippen LogP contribution is -2.46. The van der Waals surface area contributed by atoms with Crippen LogP contribution in [0, 0.1) is 0 Å². The third-order valence-corrected chi connectivity index (χ3v) is 4.10. The van der Waals surface area contributed by atoms with Gasteiger partial charge in [-0.05, 0) is 25.0 Å². The number of esters is 1. The first-order valence-electron chi connectivity index (χ1n) is 9.23. The molecule has 0 saturated heterocycles. The summed E-state index contributed by atoms with van der Waals surface area (Å²) in [5.74, 6) is -1.50. The molecule has 0 aliphatic heterocycles. The lowest BCUT2D eigenvalue weighted by atomic mass is 9.96. The molecule has 0 radical (unpaired) electrons. The van der Waals surface area contributed by atoms with Crippen LogP contribution in [0.15, 0.2) is 30.3 Å². The van der Waals surface area contributed by atoms with Crippen molar-refractivity contribution in [2.75, 3.05) is 19.8 Å². The standard InChI is InChI=1S/C19H25N3O6/c23-16(12-27-15-9-5-2-6-10-15)20-11-18(25)28-13-17(24)22-19(26)21-14-7-3-1-4-8-14/h2,5-6,9-10,14H,1,3-4,7-8,11-13H2,(H,20,23)(H2,21,22,24,26). The minimum Gasteiger partial charge on any atom is -0.484 e. The molecule has 1 aromatic rings. The van der Waals surface area contributed by atoms with Crippen molar-refractivity contribution in [3.05, 3.63) is 30.3 Å². The van der Waals surface area contributed by atoms with E-state index in [1.54, 1.807) is 24.3 Å². The van der Waals surface area contributed by atoms with Gasteiger partial charge in [0.1, 0.15) is 12.3 Å². The highest BCUT2D eigenvalue weighted by atomic mass is 16.5. The summed E-state index contributed by atoms with van der Waals surface area (Å²) in [6.45, 7) is -1.26. The van der Waals surface area contributed by atoms with Gasteiger partial charge in [0.05, 0.1) is 0 Å². The smallest absolute Gasteiger partial charge is 0.325 e. The van der Waals surface area contributed by atoms with Crippen LogP contribution in [0.25, 0.3) is 0 Å². The number of urea groups is 1. The van der Waals surface area contributed by atoms with E-state index in [2.05, 4.69) is 16.0 Å². The van der Waals surface area contributed by atoms with Gasteiger partial charge in [-0.25, -0.2) is 4.79 Å². The molecule has 152 valence electrons. The molecule has 1 aromatic carbocycles. The second-order valence-electron chi connectivity index (χ2n) is 6.40. The molecule has 0 heterocycles. The van der Waals surface area contributed by atoms with Gasteiger partial charge in [-0.3, -0.25) is 19.7 Å². The van der Waals surface area contributed by atoms with Crippen molar-refractivity contribution < 1.29 is 28.7 Å². The van der Waals surface area contributed by atoms with Crippen LogP contribution in [0.5, 0.6) is 5.75 Å². The van der Waals surface area contributed by atoms with Crippen LogP contribution >= 0.6 is 0 Å². The molecule has 1 aliphatic carbocycles. The molecule has 1 saturated carbocycles. The molecule has 0 aromatic heterocycles. The van der Waals surface area contributed by atoms with Crippen molar-refractivity contribution in [3.63, 3.8) is 0 Å². The van der Waals surface area contributed by atoms with Crippen molar-refractivity contribution in [2.24, 2.45) is 0 Å². The molecule has 3 N–H and O–H groups in total. The van der Waals surface area contributed by atoms with E-state index >= 15 is 0 Å². The fraction of sp³-hybridized carbons (Fsp3) is 0.474. The molecule has 4 amide bonds. The van der Waals surface area contributed by atoms with Crippen LogP contribution in [0.1, 0.15) is 32.1 Å². The average molecular weight is 391 g/mol. The van der Waals surface area contributed by atoms with E-state index in [1.165, 1.54) is 0 Å². The van der Waals surface area contributed by atoms with Crippen molar-refractivity contribution in [1.82, 2.24) is 16.0 Å². The van der Waals surface area contributed by atoms with Gasteiger partial charge in [0.2, 0.25) is 0 Å². The number of rotatable bonds is 8. The first kappa shape index (κ1) is 21.2. The summed E-state index contributed by atoms with van der Waals surface area (Å²) in [4.78, 5) is 46.5. The Bertz CT molecular complexity index is 674. The first-order valence-corrected chi connectivity index (χ1v) is 9.23. The number of amides is 4. The zero-order valence-electron chi connectivity index (χ0n) is 15.6. The van der Waals surface area contributed by atoms with Gasteiger partial charge in [0, 0.05) is 6.04 Å². The summed E-state index contributed by atoms with van der Waals surface area (Å²) in [6.07, 6.45) is 5.05. The Morgan fingerprint density at radius 3 is 2.36 bits per heavy atom. The number of para-hydroxylation sites is 1. The molecule has 1 aliphatic rings. The Kier molecular flexibility index (Phi) is 8.77. The topological polar surface area (TPSA) is 123 Å². The molecule has 0 spiro atoms. The number of hydrogen-bond acceptors (Lipinski definition) is 6. The minimum absolute atomic E-state index is 0.0671. The Hall–Kier alpha value is -3.10. The van der Waals surface area contributed by atoms with E-state index < -0.39 is 37.0 Å². The fourth-order valence-corrected chi connectivity index (χ4v) is 2.72. The first-order chi connectivity index (χ1) is 13.5. The summed E-state index contributed by atoms with van der Waals surface area (Å²) in [6, 6.07) is 8.22. The second-order valence-corrected chi connectivity index (χ2v) is 6.40. The maximum Gasteiger partial charge on any atom is 0.325 e. The highest BCUT2D eigenvalue weighted by Crippen LogP contribution is 2.17. The molecule has 9 nitrogen and oxygen atoms in total. The zero-order valence-corrected chi connectivity index (χ0v) is 15.6. The van der Waals surface area contributed by atoms with E-state index in [-0.39, 0.29) is 12.6 Å². The lowest BCUT2D eigenvalue weighted by molar-refractivity contribution is -0.148. The molecule has 28 heavy (non-hydrogen) atoms. The monoisotopic (exact) mass is 391 g/mol. The minimum atomic E-state index is -0.795. The van der Waals surface area contributed by atoms with Crippen LogP contribution in [0.2, 0.25) is 0 Å². The summed E-state index contributed by atoms with van der Waals surface area (Å²) in [5, 5.41) is 7.16. The van der Waals surface area contributed by atoms with Crippen LogP contribution < -0.4 is 20.7 Å². The van der Waals surface area contributed by atoms with Crippen molar-refractivity contribution in [3.8, 4) is 5.75 Å². The number of benzene rings is 1. The van der Waals surface area contributed by atoms with Crippen LogP contribution in [0.3, 0.4) is 0 Å². The molecular weight excluding hydrogens is 366 g/mol. The molecule has 1 fully saturated rings. The quantitative estimate of drug-likeness (QED) is 0.566. The predicted octanol–water partition coefficient (Wildman–Crippen LogP) is 0.883. The van der Waals surface area contributed by atoms with Gasteiger partial charge in [-0.2, -0.15) is 0 Å². The Morgan fingerprint density at radius 1 is 0.929 bits per heavy atom. The van der Waals surface area contributed by atoms with Gasteiger partial charge in [0.15, 0.2) is 13.2 Å². The number of carbonyl (C=O) groups excluding carboxylic acids is 4. The zero-order chi connectivity index (χ0) is 20.2. The van der Waals surface area contributed by atoms with E-state index in [4.69, 9.17) is 9.47 Å². The maximum absolute atomic E-state index is 11.7. The largest absolute Gasteiger partial charge is 0.484 e. The van der Waals surface area contributed by atoms with E-state index in [0.29, 0.717) is 5.75 Å². The highest BCUT2D eigenvalue weighted by Gasteiger charge is 2.17. The normalized spacial score (nSPS) is 13.9. The number of carbonyl (C=O) groups is 4. The van der Waals surface area contributed by atoms with E-state index in [0.717, 1.165) is 32.1 Å². The molecule has 2 rings (SSSR count). The summed E-state index contributed by atoms with van der Waals surface area (Å²) >= 11 is 0. The number of ether oxygens (including phenoxy) is 2. The molecule has 9 heteroatoms. The van der Waals surface area contributed by atoms with Gasteiger partial charge >= 0.3 is 12.0 Å². The summed E-state index contributed by atoms with van der Waals surface area (Å²) in [5.41, 5.74) is 0. The molecular formula is C19H25N3O6. The molecule has 0 atom stereocenters. The van der Waals surface area contributed by atoms with Crippen molar-refractivity contribution in [1.29, 1.82) is 0 Å². The average Bonchev–Trinajstić information content (AvgIpc) is 2.70. The van der Waals surface area contributed by atoms with Gasteiger partial charge in [-0.1, -0.05) is 37.5 Å². The van der Waals surface area contributed by atoms with Gasteiger partial charge in [0.25, 0.3) is 11.8 Å². The van der Waals surface area contributed by atoms with Crippen molar-refractivity contribution >= 4 is 23.8 Å². The number of imide groups is 1. The third kappa shape index (κ3) is 8.52. The summed E-state index contributed by atoms with van der Waals surface area (Å²) in [7, 11) is 0. The third-order valence-electron chi connectivity index (χ3n) is 4.10. The lowest BCUT2D eigenvalue weighted by Gasteiger charge is -2.22. The second kappa shape index (κ2) is 11.6. The van der Waals surface area contributed by atoms with E-state index in [9.17, 15) is 19.2 Å². The van der Waals surface area contributed by atoms with Crippen molar-refractivity contribution in [2.45, 2.75) is 38.1 Å². The van der Waals surface area contributed by atoms with Gasteiger partial charge < -0.3 is 20.1 Å². The number of nitrogens with one attached hydrogen (secondary N) is 3. The SMILES string of the molecule is O=C(COc1ccccc1)NCC(=O)OCC(=O)NC(=O)NC1CCCCC1. The number of hydrogen-bond donors (Lipinski definition) is 3. The Labute approximate surface area is 163 Å². The Balaban J connectivity index is 1.55. The fourth-order valence-electron chi connectivity index (χ4n) is 2.72. The van der Waals surface area contributed by atoms with Crippen LogP contribution in [-0.4, -0.2) is 49.6 Å².